The van der Waals surface area contributed by atoms with Crippen LogP contribution in [0.15, 0.2) is 140 Å². The third-order valence-electron chi connectivity index (χ3n) is 7.16. The molecular formula is C35H36IN3O. The lowest BCUT2D eigenvalue weighted by Crippen LogP contribution is -3.00. The lowest BCUT2D eigenvalue weighted by atomic mass is 9.78. The van der Waals surface area contributed by atoms with Gasteiger partial charge in [-0.05, 0) is 52.8 Å². The molecule has 204 valence electrons. The molecule has 0 aliphatic heterocycles. The second-order valence-electron chi connectivity index (χ2n) is 9.77. The fraction of sp³-hybridized carbons (Fsp3) is 0.200. The molecule has 5 heteroatoms. The predicted octanol–water partition coefficient (Wildman–Crippen LogP) is 4.11. The molecule has 0 saturated heterocycles. The maximum absolute atomic E-state index is 6.22. The fourth-order valence-electron chi connectivity index (χ4n) is 5.07. The van der Waals surface area contributed by atoms with Crippen LogP contribution in [0.2, 0.25) is 0 Å². The molecule has 5 aromatic rings. The summed E-state index contributed by atoms with van der Waals surface area (Å²) in [6.07, 6.45) is 12.5. The summed E-state index contributed by atoms with van der Waals surface area (Å²) in [4.78, 5) is 10.3. The highest BCUT2D eigenvalue weighted by Crippen LogP contribution is 2.36. The number of aromatic nitrogens is 2. The summed E-state index contributed by atoms with van der Waals surface area (Å²) in [5.74, 6) is 0. The molecule has 0 aliphatic rings. The number of hydroxylamine groups is 1. The average Bonchev–Trinajstić information content (AvgIpc) is 3.02. The summed E-state index contributed by atoms with van der Waals surface area (Å²) in [6.45, 7) is 1.68. The summed E-state index contributed by atoms with van der Waals surface area (Å²) < 4.78 is 2.26. The molecule has 0 spiro atoms. The van der Waals surface area contributed by atoms with Gasteiger partial charge in [0.1, 0.15) is 12.1 Å². The Balaban J connectivity index is 0.00000370. The monoisotopic (exact) mass is 641 g/mol. The van der Waals surface area contributed by atoms with E-state index < -0.39 is 5.54 Å². The lowest BCUT2D eigenvalue weighted by molar-refractivity contribution is -0.697. The summed E-state index contributed by atoms with van der Waals surface area (Å²) in [5.41, 5.74) is 8.77. The van der Waals surface area contributed by atoms with Crippen LogP contribution in [0.4, 0.5) is 0 Å². The van der Waals surface area contributed by atoms with Crippen LogP contribution in [-0.4, -0.2) is 11.6 Å². The van der Waals surface area contributed by atoms with Crippen molar-refractivity contribution in [2.75, 3.05) is 6.61 Å². The minimum Gasteiger partial charge on any atom is -1.00 e. The van der Waals surface area contributed by atoms with Gasteiger partial charge in [0.05, 0.1) is 6.61 Å². The van der Waals surface area contributed by atoms with Crippen molar-refractivity contribution in [3.05, 3.63) is 157 Å². The molecule has 0 aliphatic carbocycles. The van der Waals surface area contributed by atoms with Gasteiger partial charge in [0, 0.05) is 30.9 Å². The number of hydrogen-bond acceptors (Lipinski definition) is 3. The number of benzene rings is 3. The van der Waals surface area contributed by atoms with Crippen molar-refractivity contribution in [2.45, 2.75) is 37.8 Å². The van der Waals surface area contributed by atoms with Crippen LogP contribution in [0, 0.1) is 0 Å². The van der Waals surface area contributed by atoms with Crippen molar-refractivity contribution in [2.24, 2.45) is 0 Å². The van der Waals surface area contributed by atoms with Gasteiger partial charge in [-0.2, -0.15) is 5.48 Å². The first-order chi connectivity index (χ1) is 19.4. The van der Waals surface area contributed by atoms with E-state index in [-0.39, 0.29) is 24.0 Å². The Morgan fingerprint density at radius 3 is 1.57 bits per heavy atom. The molecule has 4 nitrogen and oxygen atoms in total. The largest absolute Gasteiger partial charge is 1.00 e. The zero-order valence-corrected chi connectivity index (χ0v) is 24.9. The molecule has 0 bridgehead atoms. The van der Waals surface area contributed by atoms with E-state index >= 15 is 0 Å². The molecule has 0 unspecified atom stereocenters. The number of nitrogens with zero attached hydrogens (tertiary/aromatic N) is 2. The standard InChI is InChI=1S/C35H36N3O.HI/c1(12-26-38-27-22-31(23-28-38)30-20-24-36-25-21-30)2-13-29-39-37-35(32-14-6-3-7-15-32,33-16-8-4-9-17-33)34-18-10-5-11-19-34;/h3-11,14-25,27-28,37H,1-2,12-13,26,29H2;1H/q+1;/p-1. The topological polar surface area (TPSA) is 38.0 Å². The van der Waals surface area contributed by atoms with E-state index in [1.807, 2.05) is 24.5 Å². The van der Waals surface area contributed by atoms with Crippen LogP contribution in [0.5, 0.6) is 0 Å². The zero-order chi connectivity index (χ0) is 26.6. The summed E-state index contributed by atoms with van der Waals surface area (Å²) in [5, 5.41) is 0. The molecule has 1 N–H and O–H groups in total. The maximum Gasteiger partial charge on any atom is 0.169 e. The van der Waals surface area contributed by atoms with E-state index in [2.05, 4.69) is 131 Å². The Morgan fingerprint density at radius 2 is 1.05 bits per heavy atom. The molecule has 0 saturated carbocycles. The second-order valence-corrected chi connectivity index (χ2v) is 9.77. The van der Waals surface area contributed by atoms with Crippen LogP contribution in [0.25, 0.3) is 11.1 Å². The Morgan fingerprint density at radius 1 is 0.575 bits per heavy atom. The van der Waals surface area contributed by atoms with Crippen LogP contribution in [0.3, 0.4) is 0 Å². The highest BCUT2D eigenvalue weighted by atomic mass is 127. The van der Waals surface area contributed by atoms with Gasteiger partial charge in [-0.3, -0.25) is 4.98 Å². The summed E-state index contributed by atoms with van der Waals surface area (Å²) >= 11 is 0. The average molecular weight is 642 g/mol. The highest BCUT2D eigenvalue weighted by molar-refractivity contribution is 5.61. The van der Waals surface area contributed by atoms with Gasteiger partial charge in [0.2, 0.25) is 0 Å². The van der Waals surface area contributed by atoms with Crippen molar-refractivity contribution in [1.29, 1.82) is 0 Å². The van der Waals surface area contributed by atoms with Gasteiger partial charge in [0.25, 0.3) is 0 Å². The van der Waals surface area contributed by atoms with Crippen LogP contribution >= 0.6 is 0 Å². The van der Waals surface area contributed by atoms with E-state index in [0.717, 1.165) is 42.5 Å². The summed E-state index contributed by atoms with van der Waals surface area (Å²) in [6, 6.07) is 40.1. The molecule has 5 rings (SSSR count). The van der Waals surface area contributed by atoms with E-state index in [1.165, 1.54) is 17.5 Å². The van der Waals surface area contributed by atoms with E-state index in [0.29, 0.717) is 6.61 Å². The third kappa shape index (κ3) is 7.42. The number of unbranched alkanes of at least 4 members (excludes halogenated alkanes) is 3. The fourth-order valence-corrected chi connectivity index (χ4v) is 5.07. The first-order valence-electron chi connectivity index (χ1n) is 13.8. The second kappa shape index (κ2) is 15.4. The Kier molecular flexibility index (Phi) is 11.4. The Bertz CT molecular complexity index is 1290. The zero-order valence-electron chi connectivity index (χ0n) is 22.7. The van der Waals surface area contributed by atoms with E-state index in [1.54, 1.807) is 0 Å². The Labute approximate surface area is 255 Å². The number of hydrogen-bond donors (Lipinski definition) is 1. The quantitative estimate of drug-likeness (QED) is 0.0692. The molecular weight excluding hydrogens is 605 g/mol. The minimum absolute atomic E-state index is 0. The highest BCUT2D eigenvalue weighted by Gasteiger charge is 2.36. The number of halogens is 1. The normalized spacial score (nSPS) is 11.1. The number of aryl methyl sites for hydroxylation is 1. The molecule has 0 atom stereocenters. The SMILES string of the molecule is [I-].c1ccc(C(NOCCCCCC[n+]2ccc(-c3ccncc3)cc2)(c2ccccc2)c2ccccc2)cc1. The van der Waals surface area contributed by atoms with E-state index in [9.17, 15) is 0 Å². The van der Waals surface area contributed by atoms with Gasteiger partial charge < -0.3 is 28.8 Å². The minimum atomic E-state index is -0.594. The van der Waals surface area contributed by atoms with Crippen molar-refractivity contribution in [3.8, 4) is 11.1 Å². The molecule has 2 heterocycles. The smallest absolute Gasteiger partial charge is 0.169 e. The van der Waals surface area contributed by atoms with Crippen LogP contribution < -0.4 is 34.0 Å². The van der Waals surface area contributed by atoms with Crippen molar-refractivity contribution < 1.29 is 33.4 Å². The molecule has 2 aromatic heterocycles. The molecule has 0 amide bonds. The number of pyridine rings is 2. The predicted molar refractivity (Wildman–Crippen MR) is 157 cm³/mol. The maximum atomic E-state index is 6.22. The molecule has 3 aromatic carbocycles. The third-order valence-corrected chi connectivity index (χ3v) is 7.16. The van der Waals surface area contributed by atoms with Gasteiger partial charge in [-0.25, -0.2) is 4.57 Å². The van der Waals surface area contributed by atoms with Crippen molar-refractivity contribution in [3.63, 3.8) is 0 Å². The van der Waals surface area contributed by atoms with Crippen molar-refractivity contribution in [1.82, 2.24) is 10.5 Å². The number of rotatable bonds is 13. The first kappa shape index (κ1) is 29.6. The number of nitrogens with one attached hydrogen (secondary N) is 1. The summed E-state index contributed by atoms with van der Waals surface area (Å²) in [7, 11) is 0. The van der Waals surface area contributed by atoms with Crippen LogP contribution in [-0.2, 0) is 16.9 Å². The van der Waals surface area contributed by atoms with Gasteiger partial charge in [0.15, 0.2) is 12.4 Å². The first-order valence-corrected chi connectivity index (χ1v) is 13.8. The van der Waals surface area contributed by atoms with Crippen molar-refractivity contribution >= 4 is 0 Å². The van der Waals surface area contributed by atoms with E-state index in [4.69, 9.17) is 4.84 Å². The van der Waals surface area contributed by atoms with Gasteiger partial charge >= 0.3 is 0 Å². The molecule has 40 heavy (non-hydrogen) atoms. The Hall–Kier alpha value is -3.39. The lowest BCUT2D eigenvalue weighted by Gasteiger charge is -2.36. The van der Waals surface area contributed by atoms with Crippen LogP contribution in [0.1, 0.15) is 42.4 Å². The molecule has 0 radical (unpaired) electrons. The van der Waals surface area contributed by atoms with Gasteiger partial charge in [-0.1, -0.05) is 97.4 Å². The molecule has 0 fully saturated rings. The van der Waals surface area contributed by atoms with Gasteiger partial charge in [-0.15, -0.1) is 0 Å².